The molecule has 0 radical (unpaired) electrons. The number of rotatable bonds is 3. The molecule has 0 aliphatic carbocycles. The predicted molar refractivity (Wildman–Crippen MR) is 89.4 cm³/mol. The van der Waals surface area contributed by atoms with Crippen molar-refractivity contribution in [2.24, 2.45) is 0 Å². The van der Waals surface area contributed by atoms with Gasteiger partial charge in [0.05, 0.1) is 30.1 Å². The molecule has 1 aliphatic heterocycles. The molecule has 0 amide bonds. The molecule has 1 saturated heterocycles. The first-order chi connectivity index (χ1) is 11.8. The summed E-state index contributed by atoms with van der Waals surface area (Å²) < 4.78 is 11.4. The molecule has 7 nitrogen and oxygen atoms in total. The number of fused-ring (bicyclic) bond motifs is 1. The van der Waals surface area contributed by atoms with E-state index in [1.807, 2.05) is 18.2 Å². The highest BCUT2D eigenvalue weighted by atomic mass is 16.5. The van der Waals surface area contributed by atoms with Crippen LogP contribution in [0.4, 0.5) is 5.69 Å². The van der Waals surface area contributed by atoms with Gasteiger partial charge in [0.15, 0.2) is 5.52 Å². The van der Waals surface area contributed by atoms with Crippen LogP contribution < -0.4 is 10.5 Å². The van der Waals surface area contributed by atoms with Gasteiger partial charge in [0.2, 0.25) is 5.88 Å². The second-order valence-electron chi connectivity index (χ2n) is 5.68. The quantitative estimate of drug-likeness (QED) is 0.789. The van der Waals surface area contributed by atoms with E-state index in [1.165, 1.54) is 6.33 Å². The molecule has 122 valence electrons. The summed E-state index contributed by atoms with van der Waals surface area (Å²) in [5.41, 5.74) is 9.39. The minimum Gasteiger partial charge on any atom is -0.473 e. The molecule has 4 heterocycles. The zero-order chi connectivity index (χ0) is 16.4. The lowest BCUT2D eigenvalue weighted by Crippen LogP contribution is -2.26. The van der Waals surface area contributed by atoms with Crippen LogP contribution in [0.1, 0.15) is 12.8 Å². The number of hydrogen-bond donors (Lipinski definition) is 1. The van der Waals surface area contributed by atoms with Crippen molar-refractivity contribution in [3.8, 4) is 17.1 Å². The van der Waals surface area contributed by atoms with Crippen molar-refractivity contribution in [2.45, 2.75) is 18.9 Å². The summed E-state index contributed by atoms with van der Waals surface area (Å²) in [6, 6.07) is 5.63. The molecule has 1 fully saturated rings. The lowest BCUT2D eigenvalue weighted by molar-refractivity contribution is 0.0243. The number of nitrogens with two attached hydrogens (primary N) is 1. The molecule has 0 bridgehead atoms. The van der Waals surface area contributed by atoms with E-state index in [1.54, 1.807) is 12.4 Å². The Labute approximate surface area is 138 Å². The van der Waals surface area contributed by atoms with E-state index in [0.29, 0.717) is 30.3 Å². The van der Waals surface area contributed by atoms with Gasteiger partial charge in [0.1, 0.15) is 12.4 Å². The van der Waals surface area contributed by atoms with Crippen molar-refractivity contribution in [3.63, 3.8) is 0 Å². The number of nitrogen functional groups attached to an aromatic ring is 1. The van der Waals surface area contributed by atoms with Crippen molar-refractivity contribution in [3.05, 3.63) is 36.9 Å². The summed E-state index contributed by atoms with van der Waals surface area (Å²) in [5.74, 6) is 0.505. The lowest BCUT2D eigenvalue weighted by Gasteiger charge is -2.22. The highest BCUT2D eigenvalue weighted by Crippen LogP contribution is 2.26. The van der Waals surface area contributed by atoms with Crippen LogP contribution in [0.5, 0.6) is 5.88 Å². The van der Waals surface area contributed by atoms with Gasteiger partial charge in [0, 0.05) is 30.8 Å². The van der Waals surface area contributed by atoms with Gasteiger partial charge >= 0.3 is 0 Å². The molecule has 0 aromatic carbocycles. The van der Waals surface area contributed by atoms with Crippen molar-refractivity contribution in [1.82, 2.24) is 19.9 Å². The first-order valence-corrected chi connectivity index (χ1v) is 7.86. The number of ether oxygens (including phenoxy) is 2. The number of pyridine rings is 2. The Balaban J connectivity index is 1.73. The average molecular weight is 323 g/mol. The van der Waals surface area contributed by atoms with Gasteiger partial charge in [-0.05, 0) is 18.2 Å². The Morgan fingerprint density at radius 2 is 2.00 bits per heavy atom. The zero-order valence-corrected chi connectivity index (χ0v) is 13.1. The molecular formula is C17H17N5O2. The van der Waals surface area contributed by atoms with Gasteiger partial charge in [-0.1, -0.05) is 0 Å². The molecule has 2 N–H and O–H groups in total. The number of aromatic nitrogens is 4. The Bertz CT molecular complexity index is 864. The highest BCUT2D eigenvalue weighted by molar-refractivity contribution is 5.82. The molecule has 1 aliphatic rings. The minimum absolute atomic E-state index is 0.0938. The monoisotopic (exact) mass is 323 g/mol. The van der Waals surface area contributed by atoms with E-state index in [9.17, 15) is 0 Å². The van der Waals surface area contributed by atoms with Crippen molar-refractivity contribution < 1.29 is 9.47 Å². The van der Waals surface area contributed by atoms with Crippen LogP contribution in [-0.4, -0.2) is 39.3 Å². The molecule has 7 heteroatoms. The van der Waals surface area contributed by atoms with Crippen LogP contribution in [0.25, 0.3) is 22.3 Å². The van der Waals surface area contributed by atoms with Gasteiger partial charge in [0.25, 0.3) is 0 Å². The maximum Gasteiger partial charge on any atom is 0.244 e. The van der Waals surface area contributed by atoms with E-state index < -0.39 is 0 Å². The molecule has 24 heavy (non-hydrogen) atoms. The van der Waals surface area contributed by atoms with E-state index in [-0.39, 0.29) is 6.10 Å². The van der Waals surface area contributed by atoms with Gasteiger partial charge in [-0.2, -0.15) is 4.98 Å². The summed E-state index contributed by atoms with van der Waals surface area (Å²) in [5, 5.41) is 0. The van der Waals surface area contributed by atoms with Crippen molar-refractivity contribution >= 4 is 16.7 Å². The second-order valence-corrected chi connectivity index (χ2v) is 5.68. The van der Waals surface area contributed by atoms with Crippen LogP contribution in [0.15, 0.2) is 36.9 Å². The van der Waals surface area contributed by atoms with Crippen LogP contribution in [0.2, 0.25) is 0 Å². The largest absolute Gasteiger partial charge is 0.473 e. The average Bonchev–Trinajstić information content (AvgIpc) is 2.63. The van der Waals surface area contributed by atoms with Gasteiger partial charge < -0.3 is 15.2 Å². The molecule has 4 rings (SSSR count). The van der Waals surface area contributed by atoms with E-state index >= 15 is 0 Å². The minimum atomic E-state index is 0.0938. The summed E-state index contributed by atoms with van der Waals surface area (Å²) in [6.07, 6.45) is 6.63. The SMILES string of the molecule is Nc1cncc(-c2ccc3ncnc(OC4CCOCC4)c3n2)c1. The van der Waals surface area contributed by atoms with E-state index in [4.69, 9.17) is 15.2 Å². The highest BCUT2D eigenvalue weighted by Gasteiger charge is 2.18. The number of hydrogen-bond acceptors (Lipinski definition) is 7. The van der Waals surface area contributed by atoms with Crippen LogP contribution in [0, 0.1) is 0 Å². The molecular weight excluding hydrogens is 306 g/mol. The Morgan fingerprint density at radius 3 is 2.83 bits per heavy atom. The zero-order valence-electron chi connectivity index (χ0n) is 13.1. The normalized spacial score (nSPS) is 15.5. The van der Waals surface area contributed by atoms with Crippen LogP contribution in [0.3, 0.4) is 0 Å². The fourth-order valence-corrected chi connectivity index (χ4v) is 2.71. The third-order valence-electron chi connectivity index (χ3n) is 3.95. The maximum atomic E-state index is 6.05. The van der Waals surface area contributed by atoms with Crippen LogP contribution >= 0.6 is 0 Å². The summed E-state index contributed by atoms with van der Waals surface area (Å²) in [7, 11) is 0. The Morgan fingerprint density at radius 1 is 1.12 bits per heavy atom. The number of anilines is 1. The standard InChI is InChI=1S/C17H17N5O2/c18-12-7-11(8-19-9-12)14-1-2-15-16(22-14)17(21-10-20-15)24-13-3-5-23-6-4-13/h1-2,7-10,13H,3-6,18H2. The predicted octanol–water partition coefficient (Wildman–Crippen LogP) is 2.23. The van der Waals surface area contributed by atoms with Crippen molar-refractivity contribution in [2.75, 3.05) is 18.9 Å². The van der Waals surface area contributed by atoms with Gasteiger partial charge in [-0.15, -0.1) is 0 Å². The third-order valence-corrected chi connectivity index (χ3v) is 3.95. The first-order valence-electron chi connectivity index (χ1n) is 7.86. The molecule has 0 saturated carbocycles. The van der Waals surface area contributed by atoms with Gasteiger partial charge in [-0.25, -0.2) is 9.97 Å². The molecule has 0 spiro atoms. The van der Waals surface area contributed by atoms with Crippen molar-refractivity contribution in [1.29, 1.82) is 0 Å². The third kappa shape index (κ3) is 2.98. The summed E-state index contributed by atoms with van der Waals surface area (Å²) in [6.45, 7) is 1.42. The Kier molecular flexibility index (Phi) is 3.92. The first kappa shape index (κ1) is 14.8. The second kappa shape index (κ2) is 6.37. The maximum absolute atomic E-state index is 6.05. The number of nitrogens with zero attached hydrogens (tertiary/aromatic N) is 4. The molecule has 0 atom stereocenters. The smallest absolute Gasteiger partial charge is 0.244 e. The summed E-state index contributed by atoms with van der Waals surface area (Å²) in [4.78, 5) is 17.3. The van der Waals surface area contributed by atoms with E-state index in [0.717, 1.165) is 29.6 Å². The Hall–Kier alpha value is -2.80. The fraction of sp³-hybridized carbons (Fsp3) is 0.294. The molecule has 0 unspecified atom stereocenters. The molecule has 3 aromatic rings. The fourth-order valence-electron chi connectivity index (χ4n) is 2.71. The van der Waals surface area contributed by atoms with E-state index in [2.05, 4.69) is 19.9 Å². The van der Waals surface area contributed by atoms with Crippen LogP contribution in [-0.2, 0) is 4.74 Å². The molecule has 3 aromatic heterocycles. The topological polar surface area (TPSA) is 96.0 Å². The summed E-state index contributed by atoms with van der Waals surface area (Å²) >= 11 is 0. The van der Waals surface area contributed by atoms with Gasteiger partial charge in [-0.3, -0.25) is 4.98 Å². The lowest BCUT2D eigenvalue weighted by atomic mass is 10.1.